The number of halogens is 1. The summed E-state index contributed by atoms with van der Waals surface area (Å²) in [4.78, 5) is 12.2. The molecule has 1 heterocycles. The summed E-state index contributed by atoms with van der Waals surface area (Å²) in [6.07, 6.45) is 4.08. The van der Waals surface area contributed by atoms with E-state index in [1.165, 1.54) is 6.08 Å². The van der Waals surface area contributed by atoms with Crippen molar-refractivity contribution < 1.29 is 14.3 Å². The Morgan fingerprint density at radius 3 is 2.66 bits per heavy atom. The molecule has 0 unspecified atom stereocenters. The van der Waals surface area contributed by atoms with E-state index < -0.39 is 0 Å². The highest BCUT2D eigenvalue weighted by atomic mass is 35.5. The molecule has 32 heavy (non-hydrogen) atoms. The number of carbonyl (C=O) groups is 1. The number of carbonyl (C=O) groups excluding carboxylic acids is 1. The van der Waals surface area contributed by atoms with Crippen LogP contribution in [0.15, 0.2) is 54.6 Å². The van der Waals surface area contributed by atoms with Crippen molar-refractivity contribution in [3.05, 3.63) is 82.1 Å². The number of ether oxygens (including phenoxy) is 2. The van der Waals surface area contributed by atoms with Crippen molar-refractivity contribution in [2.45, 2.75) is 33.4 Å². The summed E-state index contributed by atoms with van der Waals surface area (Å²) in [6, 6.07) is 15.3. The molecule has 1 N–H and O–H groups in total. The lowest BCUT2D eigenvalue weighted by Gasteiger charge is -2.11. The molecule has 168 valence electrons. The van der Waals surface area contributed by atoms with E-state index in [2.05, 4.69) is 10.4 Å². The molecule has 0 radical (unpaired) electrons. The second kappa shape index (κ2) is 11.4. The number of aryl methyl sites for hydroxylation is 2. The van der Waals surface area contributed by atoms with E-state index in [0.717, 1.165) is 40.4 Å². The van der Waals surface area contributed by atoms with E-state index in [-0.39, 0.29) is 5.91 Å². The minimum absolute atomic E-state index is 0.144. The molecule has 0 aliphatic heterocycles. The summed E-state index contributed by atoms with van der Waals surface area (Å²) < 4.78 is 13.1. The lowest BCUT2D eigenvalue weighted by atomic mass is 10.1. The third-order valence-corrected chi connectivity index (χ3v) is 5.56. The summed E-state index contributed by atoms with van der Waals surface area (Å²) in [5.41, 5.74) is 3.57. The van der Waals surface area contributed by atoms with Crippen LogP contribution < -0.4 is 14.8 Å². The lowest BCUT2D eigenvalue weighted by molar-refractivity contribution is -0.116. The summed E-state index contributed by atoms with van der Waals surface area (Å²) in [5, 5.41) is 7.99. The maximum atomic E-state index is 12.2. The molecular weight excluding hydrogens is 426 g/mol. The molecule has 0 saturated carbocycles. The summed E-state index contributed by atoms with van der Waals surface area (Å²) in [5.74, 6) is 1.39. The number of nitrogens with one attached hydrogen (secondary N) is 1. The Balaban J connectivity index is 1.51. The first-order valence-corrected chi connectivity index (χ1v) is 10.9. The molecule has 0 spiro atoms. The quantitative estimate of drug-likeness (QED) is 0.348. The average Bonchev–Trinajstić information content (AvgIpc) is 3.06. The molecule has 0 aliphatic carbocycles. The van der Waals surface area contributed by atoms with Crippen molar-refractivity contribution in [2.75, 3.05) is 13.7 Å². The minimum Gasteiger partial charge on any atom is -0.496 e. The molecule has 3 rings (SSSR count). The summed E-state index contributed by atoms with van der Waals surface area (Å²) in [6.45, 7) is 5.45. The van der Waals surface area contributed by atoms with Crippen molar-refractivity contribution in [3.8, 4) is 11.5 Å². The van der Waals surface area contributed by atoms with Gasteiger partial charge in [0.15, 0.2) is 0 Å². The standard InChI is InChI=1S/C25H28ClN3O3/c1-18-25(26)19(2)29(28-18)15-7-14-27-24(30)13-11-20-10-12-23(31-3)21(16-20)17-32-22-8-5-4-6-9-22/h4-6,8-13,16H,7,14-15,17H2,1-3H3,(H,27,30)/b13-11+. The third-order valence-electron chi connectivity index (χ3n) is 5.01. The molecule has 3 aromatic rings. The fraction of sp³-hybridized carbons (Fsp3) is 0.280. The van der Waals surface area contributed by atoms with Crippen LogP contribution in [-0.4, -0.2) is 29.3 Å². The van der Waals surface area contributed by atoms with Gasteiger partial charge >= 0.3 is 0 Å². The van der Waals surface area contributed by atoms with E-state index in [4.69, 9.17) is 21.1 Å². The van der Waals surface area contributed by atoms with Gasteiger partial charge in [-0.15, -0.1) is 0 Å². The molecule has 0 saturated heterocycles. The Kier molecular flexibility index (Phi) is 8.34. The molecule has 1 amide bonds. The van der Waals surface area contributed by atoms with Crippen molar-refractivity contribution in [3.63, 3.8) is 0 Å². The highest BCUT2D eigenvalue weighted by molar-refractivity contribution is 6.31. The Bertz CT molecular complexity index is 1080. The van der Waals surface area contributed by atoms with Crippen molar-refractivity contribution in [2.24, 2.45) is 0 Å². The van der Waals surface area contributed by atoms with Crippen LogP contribution in [0.3, 0.4) is 0 Å². The van der Waals surface area contributed by atoms with Gasteiger partial charge in [-0.05, 0) is 56.2 Å². The zero-order valence-corrected chi connectivity index (χ0v) is 19.4. The van der Waals surface area contributed by atoms with Gasteiger partial charge in [-0.1, -0.05) is 35.9 Å². The number of para-hydroxylation sites is 1. The van der Waals surface area contributed by atoms with Gasteiger partial charge in [-0.3, -0.25) is 9.48 Å². The van der Waals surface area contributed by atoms with Crippen LogP contribution in [0.1, 0.15) is 28.9 Å². The number of hydrogen-bond acceptors (Lipinski definition) is 4. The molecule has 0 fully saturated rings. The highest BCUT2D eigenvalue weighted by Gasteiger charge is 2.08. The van der Waals surface area contributed by atoms with Gasteiger partial charge in [0.1, 0.15) is 18.1 Å². The van der Waals surface area contributed by atoms with E-state index in [0.29, 0.717) is 24.7 Å². The van der Waals surface area contributed by atoms with Gasteiger partial charge < -0.3 is 14.8 Å². The fourth-order valence-corrected chi connectivity index (χ4v) is 3.39. The van der Waals surface area contributed by atoms with E-state index in [1.807, 2.05) is 67.1 Å². The van der Waals surface area contributed by atoms with Crippen LogP contribution in [0.4, 0.5) is 0 Å². The topological polar surface area (TPSA) is 65.4 Å². The molecule has 0 atom stereocenters. The van der Waals surface area contributed by atoms with E-state index in [1.54, 1.807) is 13.2 Å². The SMILES string of the molecule is COc1ccc(/C=C/C(=O)NCCCn2nc(C)c(Cl)c2C)cc1COc1ccccc1. The second-order valence-corrected chi connectivity index (χ2v) is 7.74. The number of rotatable bonds is 10. The first-order valence-electron chi connectivity index (χ1n) is 10.5. The fourth-order valence-electron chi connectivity index (χ4n) is 3.26. The van der Waals surface area contributed by atoms with Crippen LogP contribution >= 0.6 is 11.6 Å². The third kappa shape index (κ3) is 6.37. The first-order chi connectivity index (χ1) is 15.5. The Hall–Kier alpha value is -3.25. The van der Waals surface area contributed by atoms with Crippen LogP contribution in [0.2, 0.25) is 5.02 Å². The number of benzene rings is 2. The van der Waals surface area contributed by atoms with Crippen molar-refractivity contribution in [1.82, 2.24) is 15.1 Å². The molecule has 7 heteroatoms. The highest BCUT2D eigenvalue weighted by Crippen LogP contribution is 2.23. The van der Waals surface area contributed by atoms with Gasteiger partial charge in [0.2, 0.25) is 5.91 Å². The first kappa shape index (κ1) is 23.4. The monoisotopic (exact) mass is 453 g/mol. The number of hydrogen-bond donors (Lipinski definition) is 1. The minimum atomic E-state index is -0.144. The van der Waals surface area contributed by atoms with Crippen LogP contribution in [-0.2, 0) is 17.9 Å². The van der Waals surface area contributed by atoms with Gasteiger partial charge in [0, 0.05) is 24.7 Å². The molecule has 1 aromatic heterocycles. The molecule has 0 aliphatic rings. The maximum absolute atomic E-state index is 12.2. The van der Waals surface area contributed by atoms with Gasteiger partial charge in [0.05, 0.1) is 23.5 Å². The largest absolute Gasteiger partial charge is 0.496 e. The maximum Gasteiger partial charge on any atom is 0.244 e. The summed E-state index contributed by atoms with van der Waals surface area (Å²) >= 11 is 6.16. The predicted octanol–water partition coefficient (Wildman–Crippen LogP) is 4.96. The molecule has 6 nitrogen and oxygen atoms in total. The Morgan fingerprint density at radius 2 is 1.97 bits per heavy atom. The van der Waals surface area contributed by atoms with Gasteiger partial charge in [-0.25, -0.2) is 0 Å². The number of methoxy groups -OCH3 is 1. The van der Waals surface area contributed by atoms with E-state index >= 15 is 0 Å². The Morgan fingerprint density at radius 1 is 1.19 bits per heavy atom. The smallest absolute Gasteiger partial charge is 0.244 e. The molecular formula is C25H28ClN3O3. The van der Waals surface area contributed by atoms with Gasteiger partial charge in [-0.2, -0.15) is 5.10 Å². The van der Waals surface area contributed by atoms with Crippen LogP contribution in [0, 0.1) is 13.8 Å². The van der Waals surface area contributed by atoms with Crippen LogP contribution in [0.5, 0.6) is 11.5 Å². The van der Waals surface area contributed by atoms with Gasteiger partial charge in [0.25, 0.3) is 0 Å². The second-order valence-electron chi connectivity index (χ2n) is 7.36. The lowest BCUT2D eigenvalue weighted by Crippen LogP contribution is -2.23. The van der Waals surface area contributed by atoms with Crippen molar-refractivity contribution in [1.29, 1.82) is 0 Å². The zero-order valence-electron chi connectivity index (χ0n) is 18.6. The van der Waals surface area contributed by atoms with Crippen molar-refractivity contribution >= 4 is 23.6 Å². The number of amides is 1. The molecule has 0 bridgehead atoms. The molecule has 2 aromatic carbocycles. The number of nitrogens with zero attached hydrogens (tertiary/aromatic N) is 2. The average molecular weight is 454 g/mol. The van der Waals surface area contributed by atoms with E-state index in [9.17, 15) is 4.79 Å². The van der Waals surface area contributed by atoms with Crippen LogP contribution in [0.25, 0.3) is 6.08 Å². The summed E-state index contributed by atoms with van der Waals surface area (Å²) in [7, 11) is 1.63. The predicted molar refractivity (Wildman–Crippen MR) is 127 cm³/mol. The number of aromatic nitrogens is 2. The normalized spacial score (nSPS) is 11.0. The Labute approximate surface area is 193 Å². The zero-order chi connectivity index (χ0) is 22.9.